The molecule has 2 aromatic heterocycles. The van der Waals surface area contributed by atoms with E-state index < -0.39 is 11.7 Å². The number of hydrogen-bond acceptors (Lipinski definition) is 1. The van der Waals surface area contributed by atoms with Gasteiger partial charge < -0.3 is 0 Å². The van der Waals surface area contributed by atoms with Gasteiger partial charge in [-0.05, 0) is 30.0 Å². The summed E-state index contributed by atoms with van der Waals surface area (Å²) in [5, 5.41) is 0. The van der Waals surface area contributed by atoms with Gasteiger partial charge in [-0.1, -0.05) is 13.8 Å². The van der Waals surface area contributed by atoms with E-state index in [1.54, 1.807) is 26.2 Å². The number of pyridine rings is 2. The van der Waals surface area contributed by atoms with E-state index in [4.69, 9.17) is 0 Å². The molecule has 5 heteroatoms. The number of hydrogen-bond donors (Lipinski definition) is 0. The van der Waals surface area contributed by atoms with Gasteiger partial charge in [0.1, 0.15) is 0 Å². The van der Waals surface area contributed by atoms with Gasteiger partial charge in [0.05, 0.1) is 5.56 Å². The van der Waals surface area contributed by atoms with Gasteiger partial charge in [0.2, 0.25) is 0 Å². The molecule has 2 nitrogen and oxygen atoms in total. The average Bonchev–Trinajstić information content (AvgIpc) is 2.45. The normalized spacial score (nSPS) is 12.0. The highest BCUT2D eigenvalue weighted by molar-refractivity contribution is 5.27. The van der Waals surface area contributed by atoms with Crippen molar-refractivity contribution in [3.63, 3.8) is 0 Å². The Balaban J connectivity index is 2.23. The Labute approximate surface area is 128 Å². The number of aryl methyl sites for hydroxylation is 3. The Hall–Kier alpha value is -1.91. The van der Waals surface area contributed by atoms with Crippen LogP contribution in [0.2, 0.25) is 0 Å². The molecule has 22 heavy (non-hydrogen) atoms. The zero-order chi connectivity index (χ0) is 16.3. The van der Waals surface area contributed by atoms with Crippen LogP contribution in [0.4, 0.5) is 13.2 Å². The van der Waals surface area contributed by atoms with Crippen LogP contribution >= 0.6 is 0 Å². The Morgan fingerprint density at radius 1 is 1.23 bits per heavy atom. The fraction of sp³-hybridized carbons (Fsp3) is 0.412. The minimum absolute atomic E-state index is 0.177. The second kappa shape index (κ2) is 6.46. The second-order valence-electron chi connectivity index (χ2n) is 5.76. The van der Waals surface area contributed by atoms with Crippen LogP contribution in [0.5, 0.6) is 0 Å². The third-order valence-corrected chi connectivity index (χ3v) is 3.76. The van der Waals surface area contributed by atoms with Crippen molar-refractivity contribution in [2.24, 2.45) is 0 Å². The molecule has 0 spiro atoms. The third kappa shape index (κ3) is 3.84. The molecule has 0 saturated carbocycles. The van der Waals surface area contributed by atoms with E-state index in [1.807, 2.05) is 23.8 Å². The molecule has 0 fully saturated rings. The maximum absolute atomic E-state index is 13.0. The first kappa shape index (κ1) is 16.5. The summed E-state index contributed by atoms with van der Waals surface area (Å²) in [6.07, 6.45) is 3.09. The van der Waals surface area contributed by atoms with Gasteiger partial charge in [-0.15, -0.1) is 0 Å². The zero-order valence-electron chi connectivity index (χ0n) is 13.0. The van der Waals surface area contributed by atoms with Crippen LogP contribution < -0.4 is 4.57 Å². The van der Waals surface area contributed by atoms with Gasteiger partial charge in [-0.3, -0.25) is 4.98 Å². The van der Waals surface area contributed by atoms with E-state index in [1.165, 1.54) is 12.3 Å². The lowest BCUT2D eigenvalue weighted by Gasteiger charge is -2.14. The van der Waals surface area contributed by atoms with Gasteiger partial charge in [0.25, 0.3) is 0 Å². The molecule has 0 aliphatic heterocycles. The number of nitrogens with zero attached hydrogens (tertiary/aromatic N) is 2. The molecule has 2 heterocycles. The minimum atomic E-state index is -4.31. The van der Waals surface area contributed by atoms with Crippen molar-refractivity contribution in [2.45, 2.75) is 45.8 Å². The Morgan fingerprint density at radius 2 is 1.95 bits per heavy atom. The third-order valence-electron chi connectivity index (χ3n) is 3.76. The summed E-state index contributed by atoms with van der Waals surface area (Å²) in [5.41, 5.74) is 2.04. The zero-order valence-corrected chi connectivity index (χ0v) is 13.0. The molecule has 0 aliphatic carbocycles. The molecule has 0 unspecified atom stereocenters. The van der Waals surface area contributed by atoms with Crippen molar-refractivity contribution in [3.8, 4) is 0 Å². The summed E-state index contributed by atoms with van der Waals surface area (Å²) in [7, 11) is 0. The molecular weight excluding hydrogens is 289 g/mol. The van der Waals surface area contributed by atoms with Crippen molar-refractivity contribution in [3.05, 3.63) is 59.2 Å². The molecule has 2 aromatic rings. The van der Waals surface area contributed by atoms with Crippen molar-refractivity contribution in [1.29, 1.82) is 0 Å². The maximum atomic E-state index is 13.0. The number of rotatable bonds is 4. The minimum Gasteiger partial charge on any atom is -0.264 e. The van der Waals surface area contributed by atoms with Crippen LogP contribution in [0.1, 0.15) is 42.0 Å². The van der Waals surface area contributed by atoms with Gasteiger partial charge in [-0.25, -0.2) is 4.57 Å². The molecule has 0 radical (unpaired) electrons. The van der Waals surface area contributed by atoms with Crippen LogP contribution in [-0.4, -0.2) is 4.98 Å². The van der Waals surface area contributed by atoms with Crippen molar-refractivity contribution in [2.75, 3.05) is 0 Å². The van der Waals surface area contributed by atoms with Gasteiger partial charge >= 0.3 is 6.18 Å². The Morgan fingerprint density at radius 3 is 2.55 bits per heavy atom. The topological polar surface area (TPSA) is 16.8 Å². The summed E-state index contributed by atoms with van der Waals surface area (Å²) >= 11 is 0. The van der Waals surface area contributed by atoms with Crippen molar-refractivity contribution in [1.82, 2.24) is 4.98 Å². The van der Waals surface area contributed by atoms with Gasteiger partial charge in [0, 0.05) is 30.4 Å². The molecule has 0 bridgehead atoms. The van der Waals surface area contributed by atoms with Crippen molar-refractivity contribution >= 4 is 0 Å². The molecule has 0 saturated heterocycles. The molecule has 118 valence electrons. The molecule has 2 rings (SSSR count). The predicted molar refractivity (Wildman–Crippen MR) is 78.4 cm³/mol. The monoisotopic (exact) mass is 309 g/mol. The largest absolute Gasteiger partial charge is 0.417 e. The number of alkyl halides is 3. The first-order chi connectivity index (χ1) is 10.3. The average molecular weight is 309 g/mol. The second-order valence-corrected chi connectivity index (χ2v) is 5.76. The molecule has 0 N–H and O–H groups in total. The molecule has 0 aromatic carbocycles. The molecule has 0 amide bonds. The van der Waals surface area contributed by atoms with Crippen LogP contribution in [0.3, 0.4) is 0 Å². The molecule has 0 atom stereocenters. The SMILES string of the molecule is Cc1ccncc1CC[n+]1ccc(C(F)(F)F)c(C(C)C)c1. The fourth-order valence-corrected chi connectivity index (χ4v) is 2.42. The highest BCUT2D eigenvalue weighted by Gasteiger charge is 2.35. The van der Waals surface area contributed by atoms with E-state index in [0.717, 1.165) is 17.5 Å². The van der Waals surface area contributed by atoms with E-state index in [9.17, 15) is 13.2 Å². The lowest BCUT2D eigenvalue weighted by Crippen LogP contribution is -2.36. The predicted octanol–water partition coefficient (Wildman–Crippen LogP) is 4.06. The van der Waals surface area contributed by atoms with Crippen molar-refractivity contribution < 1.29 is 17.7 Å². The highest BCUT2D eigenvalue weighted by Crippen LogP contribution is 2.34. The van der Waals surface area contributed by atoms with E-state index in [2.05, 4.69) is 4.98 Å². The summed E-state index contributed by atoms with van der Waals surface area (Å²) in [6.45, 7) is 6.19. The first-order valence-corrected chi connectivity index (χ1v) is 7.28. The quantitative estimate of drug-likeness (QED) is 0.778. The van der Waals surface area contributed by atoms with Gasteiger partial charge in [0.15, 0.2) is 18.9 Å². The molecular formula is C17H20F3N2+. The fourth-order valence-electron chi connectivity index (χ4n) is 2.42. The lowest BCUT2D eigenvalue weighted by molar-refractivity contribution is -0.697. The summed E-state index contributed by atoms with van der Waals surface area (Å²) < 4.78 is 40.9. The van der Waals surface area contributed by atoms with Gasteiger partial charge in [-0.2, -0.15) is 13.2 Å². The van der Waals surface area contributed by atoms with Crippen LogP contribution in [0.25, 0.3) is 0 Å². The number of aromatic nitrogens is 2. The first-order valence-electron chi connectivity index (χ1n) is 7.28. The standard InChI is InChI=1S/C17H20F3N2/c1-12(2)15-11-22(9-6-16(15)17(18,19)20)8-5-14-10-21-7-4-13(14)3/h4,6-7,9-12H,5,8H2,1-3H3/q+1. The summed E-state index contributed by atoms with van der Waals surface area (Å²) in [6, 6.07) is 3.11. The van der Waals surface area contributed by atoms with E-state index in [0.29, 0.717) is 12.1 Å². The maximum Gasteiger partial charge on any atom is 0.417 e. The Kier molecular flexibility index (Phi) is 4.84. The highest BCUT2D eigenvalue weighted by atomic mass is 19.4. The Bertz CT molecular complexity index is 649. The van der Waals surface area contributed by atoms with E-state index in [-0.39, 0.29) is 5.92 Å². The lowest BCUT2D eigenvalue weighted by atomic mass is 9.99. The smallest absolute Gasteiger partial charge is 0.264 e. The van der Waals surface area contributed by atoms with Crippen LogP contribution in [0, 0.1) is 6.92 Å². The van der Waals surface area contributed by atoms with Crippen LogP contribution in [-0.2, 0) is 19.1 Å². The summed E-state index contributed by atoms with van der Waals surface area (Å²) in [5.74, 6) is -0.177. The molecule has 0 aliphatic rings. The number of halogens is 3. The summed E-state index contributed by atoms with van der Waals surface area (Å²) in [4.78, 5) is 4.09. The van der Waals surface area contributed by atoms with Crippen LogP contribution in [0.15, 0.2) is 36.9 Å². The van der Waals surface area contributed by atoms with E-state index >= 15 is 0 Å².